The maximum absolute atomic E-state index is 12.7. The van der Waals surface area contributed by atoms with E-state index >= 15 is 0 Å². The van der Waals surface area contributed by atoms with Gasteiger partial charge in [-0.15, -0.1) is 0 Å². The van der Waals surface area contributed by atoms with Crippen LogP contribution < -0.4 is 10.1 Å². The number of nitrogens with zero attached hydrogens (tertiary/aromatic N) is 1. The van der Waals surface area contributed by atoms with Crippen LogP contribution in [-0.4, -0.2) is 36.2 Å². The second-order valence-corrected chi connectivity index (χ2v) is 3.88. The fraction of sp³-hybridized carbons (Fsp3) is 0.455. The fourth-order valence-electron chi connectivity index (χ4n) is 1.43. The predicted octanol–water partition coefficient (Wildman–Crippen LogP) is 1.32. The van der Waals surface area contributed by atoms with E-state index in [2.05, 4.69) is 5.32 Å². The van der Waals surface area contributed by atoms with Gasteiger partial charge in [0.05, 0.1) is 18.6 Å². The molecule has 8 heteroatoms. The van der Waals surface area contributed by atoms with Crippen molar-refractivity contribution in [3.8, 4) is 5.75 Å². The average Bonchev–Trinajstić information content (AvgIpc) is 2.38. The number of ether oxygens (including phenoxy) is 1. The highest BCUT2D eigenvalue weighted by molar-refractivity contribution is 5.48. The van der Waals surface area contributed by atoms with Gasteiger partial charge in [-0.1, -0.05) is 6.07 Å². The third-order valence-electron chi connectivity index (χ3n) is 2.38. The third kappa shape index (κ3) is 4.42. The Labute approximate surface area is 108 Å². The molecule has 2 N–H and O–H groups in total. The van der Waals surface area contributed by atoms with Gasteiger partial charge in [-0.05, 0) is 11.6 Å². The quantitative estimate of drug-likeness (QED) is 0.579. The zero-order chi connectivity index (χ0) is 14.5. The molecule has 0 saturated carbocycles. The zero-order valence-electron chi connectivity index (χ0n) is 10.2. The second kappa shape index (κ2) is 6.39. The van der Waals surface area contributed by atoms with Gasteiger partial charge in [-0.3, -0.25) is 10.1 Å². The van der Waals surface area contributed by atoms with E-state index in [0.717, 1.165) is 0 Å². The minimum absolute atomic E-state index is 0.0282. The van der Waals surface area contributed by atoms with Crippen LogP contribution in [0.5, 0.6) is 5.75 Å². The van der Waals surface area contributed by atoms with Gasteiger partial charge < -0.3 is 15.2 Å². The summed E-state index contributed by atoms with van der Waals surface area (Å²) in [5.41, 5.74) is 0.247. The molecule has 0 spiro atoms. The maximum atomic E-state index is 12.7. The lowest BCUT2D eigenvalue weighted by molar-refractivity contribution is -0.385. The van der Waals surface area contributed by atoms with Crippen LogP contribution in [0.2, 0.25) is 0 Å². The lowest BCUT2D eigenvalue weighted by Crippen LogP contribution is -2.35. The van der Waals surface area contributed by atoms with Crippen LogP contribution in [0.3, 0.4) is 0 Å². The maximum Gasteiger partial charge on any atom is 0.311 e. The van der Waals surface area contributed by atoms with E-state index in [4.69, 9.17) is 9.84 Å². The standard InChI is InChI=1S/C11H14F2N2O4/c1-19-10-3-2-8(4-9(10)15(17)18)5-14-6-11(12,13)7-16/h2-4,14,16H,5-7H2,1H3. The van der Waals surface area contributed by atoms with Crippen molar-refractivity contribution < 1.29 is 23.5 Å². The van der Waals surface area contributed by atoms with E-state index in [9.17, 15) is 18.9 Å². The Kier molecular flexibility index (Phi) is 5.13. The van der Waals surface area contributed by atoms with Crippen molar-refractivity contribution in [1.29, 1.82) is 0 Å². The molecule has 0 atom stereocenters. The number of aliphatic hydroxyl groups is 1. The molecule has 0 radical (unpaired) electrons. The largest absolute Gasteiger partial charge is 0.490 e. The number of rotatable bonds is 7. The van der Waals surface area contributed by atoms with Gasteiger partial charge in [0, 0.05) is 12.6 Å². The summed E-state index contributed by atoms with van der Waals surface area (Å²) in [5.74, 6) is -3.10. The highest BCUT2D eigenvalue weighted by atomic mass is 19.3. The Morgan fingerprint density at radius 1 is 1.53 bits per heavy atom. The Morgan fingerprint density at radius 3 is 2.74 bits per heavy atom. The van der Waals surface area contributed by atoms with Gasteiger partial charge in [-0.25, -0.2) is 8.78 Å². The van der Waals surface area contributed by atoms with E-state index in [0.29, 0.717) is 5.56 Å². The first-order valence-electron chi connectivity index (χ1n) is 5.40. The van der Waals surface area contributed by atoms with Crippen LogP contribution >= 0.6 is 0 Å². The van der Waals surface area contributed by atoms with Crippen molar-refractivity contribution in [3.63, 3.8) is 0 Å². The lowest BCUT2D eigenvalue weighted by Gasteiger charge is -2.14. The van der Waals surface area contributed by atoms with Crippen LogP contribution in [0.25, 0.3) is 0 Å². The molecule has 1 rings (SSSR count). The zero-order valence-corrected chi connectivity index (χ0v) is 10.2. The lowest BCUT2D eigenvalue weighted by atomic mass is 10.2. The van der Waals surface area contributed by atoms with Crippen molar-refractivity contribution in [1.82, 2.24) is 5.32 Å². The molecule has 0 aliphatic heterocycles. The number of benzene rings is 1. The number of nitro benzene ring substituents is 1. The molecule has 0 amide bonds. The van der Waals surface area contributed by atoms with Gasteiger partial charge in [0.1, 0.15) is 6.61 Å². The second-order valence-electron chi connectivity index (χ2n) is 3.88. The molecule has 0 aliphatic carbocycles. The Balaban J connectivity index is 2.70. The number of alkyl halides is 2. The summed E-state index contributed by atoms with van der Waals surface area (Å²) in [6.07, 6.45) is 0. The van der Waals surface area contributed by atoms with Gasteiger partial charge in [-0.2, -0.15) is 0 Å². The molecule has 1 aromatic rings. The van der Waals surface area contributed by atoms with E-state index in [1.165, 1.54) is 25.3 Å². The van der Waals surface area contributed by atoms with Crippen LogP contribution in [-0.2, 0) is 6.54 Å². The molecule has 0 aromatic heterocycles. The highest BCUT2D eigenvalue weighted by Crippen LogP contribution is 2.27. The van der Waals surface area contributed by atoms with Crippen molar-refractivity contribution in [2.45, 2.75) is 12.5 Å². The van der Waals surface area contributed by atoms with E-state index in [1.54, 1.807) is 0 Å². The van der Waals surface area contributed by atoms with Crippen molar-refractivity contribution in [3.05, 3.63) is 33.9 Å². The monoisotopic (exact) mass is 276 g/mol. The minimum Gasteiger partial charge on any atom is -0.490 e. The summed E-state index contributed by atoms with van der Waals surface area (Å²) in [6, 6.07) is 4.19. The molecule has 0 saturated heterocycles. The summed E-state index contributed by atoms with van der Waals surface area (Å²) in [4.78, 5) is 10.2. The normalized spacial score (nSPS) is 11.4. The Bertz CT molecular complexity index is 454. The first-order valence-corrected chi connectivity index (χ1v) is 5.40. The minimum atomic E-state index is -3.21. The van der Waals surface area contributed by atoms with Gasteiger partial charge in [0.15, 0.2) is 5.75 Å². The predicted molar refractivity (Wildman–Crippen MR) is 63.4 cm³/mol. The van der Waals surface area contributed by atoms with E-state index < -0.39 is 24.0 Å². The fourth-order valence-corrected chi connectivity index (χ4v) is 1.43. The smallest absolute Gasteiger partial charge is 0.311 e. The van der Waals surface area contributed by atoms with E-state index in [-0.39, 0.29) is 18.0 Å². The van der Waals surface area contributed by atoms with Crippen LogP contribution in [0.15, 0.2) is 18.2 Å². The van der Waals surface area contributed by atoms with Gasteiger partial charge in [0.25, 0.3) is 5.92 Å². The first-order chi connectivity index (χ1) is 8.89. The van der Waals surface area contributed by atoms with Crippen LogP contribution in [0.4, 0.5) is 14.5 Å². The number of nitrogens with one attached hydrogen (secondary N) is 1. The number of hydrogen-bond donors (Lipinski definition) is 2. The highest BCUT2D eigenvalue weighted by Gasteiger charge is 2.26. The molecule has 0 bridgehead atoms. The van der Waals surface area contributed by atoms with Crippen LogP contribution in [0.1, 0.15) is 5.56 Å². The van der Waals surface area contributed by atoms with Crippen LogP contribution in [0, 0.1) is 10.1 Å². The molecule has 1 aromatic carbocycles. The number of hydrogen-bond acceptors (Lipinski definition) is 5. The first kappa shape index (κ1) is 15.3. The topological polar surface area (TPSA) is 84.6 Å². The molecule has 0 unspecified atom stereocenters. The SMILES string of the molecule is COc1ccc(CNCC(F)(F)CO)cc1[N+](=O)[O-]. The summed E-state index contributed by atoms with van der Waals surface area (Å²) >= 11 is 0. The molecular formula is C11H14F2N2O4. The number of halogens is 2. The molecule has 19 heavy (non-hydrogen) atoms. The molecular weight excluding hydrogens is 262 g/mol. The third-order valence-corrected chi connectivity index (χ3v) is 2.38. The summed E-state index contributed by atoms with van der Waals surface area (Å²) in [7, 11) is 1.31. The van der Waals surface area contributed by atoms with Crippen molar-refractivity contribution in [2.75, 3.05) is 20.3 Å². The molecule has 0 aliphatic rings. The molecule has 0 heterocycles. The van der Waals surface area contributed by atoms with Crippen molar-refractivity contribution >= 4 is 5.69 Å². The number of methoxy groups -OCH3 is 1. The Morgan fingerprint density at radius 2 is 2.21 bits per heavy atom. The van der Waals surface area contributed by atoms with Crippen molar-refractivity contribution in [2.24, 2.45) is 0 Å². The number of aliphatic hydroxyl groups excluding tert-OH is 1. The molecule has 0 fully saturated rings. The summed E-state index contributed by atoms with van der Waals surface area (Å²) < 4.78 is 30.3. The Hall–Kier alpha value is -1.80. The summed E-state index contributed by atoms with van der Waals surface area (Å²) in [5, 5.41) is 21.6. The van der Waals surface area contributed by atoms with Gasteiger partial charge >= 0.3 is 5.69 Å². The average molecular weight is 276 g/mol. The molecule has 6 nitrogen and oxygen atoms in total. The number of nitro groups is 1. The summed E-state index contributed by atoms with van der Waals surface area (Å²) in [6.45, 7) is -1.92. The van der Waals surface area contributed by atoms with Gasteiger partial charge in [0.2, 0.25) is 0 Å². The molecule has 106 valence electrons. The van der Waals surface area contributed by atoms with E-state index in [1.807, 2.05) is 0 Å².